The highest BCUT2D eigenvalue weighted by atomic mass is 14.7. The van der Waals surface area contributed by atoms with Gasteiger partial charge in [-0.15, -0.1) is 0 Å². The van der Waals surface area contributed by atoms with Crippen molar-refractivity contribution in [3.8, 4) is 12.1 Å². The minimum absolute atomic E-state index is 0.539. The molecule has 21 heavy (non-hydrogen) atoms. The van der Waals surface area contributed by atoms with E-state index >= 15 is 0 Å². The van der Waals surface area contributed by atoms with Crippen molar-refractivity contribution in [3.63, 3.8) is 0 Å². The van der Waals surface area contributed by atoms with Crippen molar-refractivity contribution in [2.75, 3.05) is 0 Å². The smallest absolute Gasteiger partial charge is 0.0998 e. The first-order valence-corrected chi connectivity index (χ1v) is 6.50. The zero-order valence-corrected chi connectivity index (χ0v) is 11.2. The minimum Gasteiger partial charge on any atom is -0.361 e. The highest BCUT2D eigenvalue weighted by molar-refractivity contribution is 5.97. The number of rotatable bonds is 2. The molecule has 0 aliphatic rings. The molecule has 0 amide bonds. The van der Waals surface area contributed by atoms with Crippen LogP contribution in [0.3, 0.4) is 0 Å². The van der Waals surface area contributed by atoms with Crippen LogP contribution in [0, 0.1) is 22.7 Å². The monoisotopic (exact) mass is 269 g/mol. The highest BCUT2D eigenvalue weighted by Crippen LogP contribution is 2.24. The molecule has 0 atom stereocenters. The first kappa shape index (κ1) is 12.7. The molecule has 0 radical (unpaired) electrons. The number of benzene rings is 2. The Labute approximate surface area is 122 Å². The van der Waals surface area contributed by atoms with Gasteiger partial charge >= 0.3 is 0 Å². The van der Waals surface area contributed by atoms with E-state index in [1.54, 1.807) is 18.2 Å². The lowest BCUT2D eigenvalue weighted by atomic mass is 10.0. The van der Waals surface area contributed by atoms with Crippen LogP contribution in [0.2, 0.25) is 0 Å². The molecule has 3 rings (SSSR count). The van der Waals surface area contributed by atoms with Gasteiger partial charge in [-0.25, -0.2) is 0 Å². The maximum absolute atomic E-state index is 9.40. The van der Waals surface area contributed by atoms with Gasteiger partial charge in [-0.2, -0.15) is 10.5 Å². The molecule has 0 saturated heterocycles. The summed E-state index contributed by atoms with van der Waals surface area (Å²) >= 11 is 0. The summed E-state index contributed by atoms with van der Waals surface area (Å²) in [5.41, 5.74) is 3.84. The normalized spacial score (nSPS) is 11.0. The highest BCUT2D eigenvalue weighted by Gasteiger charge is 2.05. The molecule has 0 spiro atoms. The topological polar surface area (TPSA) is 63.4 Å². The van der Waals surface area contributed by atoms with Crippen LogP contribution in [0.4, 0.5) is 0 Å². The van der Waals surface area contributed by atoms with E-state index in [1.807, 2.05) is 42.6 Å². The fourth-order valence-electron chi connectivity index (χ4n) is 2.31. The van der Waals surface area contributed by atoms with Crippen LogP contribution in [0.5, 0.6) is 0 Å². The lowest BCUT2D eigenvalue weighted by Gasteiger charge is -2.00. The van der Waals surface area contributed by atoms with E-state index < -0.39 is 0 Å². The molecule has 98 valence electrons. The summed E-state index contributed by atoms with van der Waals surface area (Å²) in [7, 11) is 0. The van der Waals surface area contributed by atoms with Crippen molar-refractivity contribution >= 4 is 22.6 Å². The molecule has 0 aliphatic carbocycles. The third-order valence-corrected chi connectivity index (χ3v) is 3.34. The third-order valence-electron chi connectivity index (χ3n) is 3.34. The van der Waals surface area contributed by atoms with Crippen LogP contribution in [0.1, 0.15) is 16.7 Å². The molecule has 1 aromatic heterocycles. The van der Waals surface area contributed by atoms with Crippen molar-refractivity contribution < 1.29 is 0 Å². The Bertz CT molecular complexity index is 917. The van der Waals surface area contributed by atoms with E-state index in [9.17, 15) is 5.26 Å². The van der Waals surface area contributed by atoms with E-state index in [2.05, 4.69) is 17.1 Å². The summed E-state index contributed by atoms with van der Waals surface area (Å²) in [6, 6.07) is 19.3. The second-order valence-corrected chi connectivity index (χ2v) is 4.65. The molecule has 0 fully saturated rings. The van der Waals surface area contributed by atoms with Crippen LogP contribution in [-0.4, -0.2) is 4.98 Å². The van der Waals surface area contributed by atoms with Gasteiger partial charge in [0.05, 0.1) is 23.3 Å². The molecule has 0 aliphatic heterocycles. The average Bonchev–Trinajstić information content (AvgIpc) is 2.95. The Balaban J connectivity index is 2.11. The summed E-state index contributed by atoms with van der Waals surface area (Å²) in [6.07, 6.45) is 3.73. The van der Waals surface area contributed by atoms with Crippen LogP contribution in [0.15, 0.2) is 54.7 Å². The predicted molar refractivity (Wildman–Crippen MR) is 82.9 cm³/mol. The third kappa shape index (κ3) is 2.41. The molecule has 1 N–H and O–H groups in total. The maximum atomic E-state index is 9.40. The Morgan fingerprint density at radius 3 is 2.71 bits per heavy atom. The lowest BCUT2D eigenvalue weighted by Crippen LogP contribution is -1.83. The quantitative estimate of drug-likeness (QED) is 0.712. The van der Waals surface area contributed by atoms with Gasteiger partial charge in [0.1, 0.15) is 0 Å². The summed E-state index contributed by atoms with van der Waals surface area (Å²) in [4.78, 5) is 3.19. The maximum Gasteiger partial charge on any atom is 0.0998 e. The summed E-state index contributed by atoms with van der Waals surface area (Å²) in [6.45, 7) is 0. The van der Waals surface area contributed by atoms with Crippen LogP contribution >= 0.6 is 0 Å². The van der Waals surface area contributed by atoms with E-state index in [4.69, 9.17) is 5.26 Å². The minimum atomic E-state index is 0.539. The van der Waals surface area contributed by atoms with Crippen molar-refractivity contribution in [2.24, 2.45) is 0 Å². The van der Waals surface area contributed by atoms with E-state index in [0.717, 1.165) is 22.0 Å². The molecule has 3 nitrogen and oxygen atoms in total. The van der Waals surface area contributed by atoms with Gasteiger partial charge in [0, 0.05) is 22.7 Å². The van der Waals surface area contributed by atoms with Gasteiger partial charge in [0.15, 0.2) is 0 Å². The molecule has 1 heterocycles. The van der Waals surface area contributed by atoms with Crippen LogP contribution in [-0.2, 0) is 0 Å². The molecule has 3 heteroatoms. The number of aromatic amines is 1. The zero-order chi connectivity index (χ0) is 14.7. The Morgan fingerprint density at radius 1 is 1.05 bits per heavy atom. The number of fused-ring (bicyclic) bond motifs is 1. The summed E-state index contributed by atoms with van der Waals surface area (Å²) < 4.78 is 0. The average molecular weight is 269 g/mol. The Hall–Kier alpha value is -3.30. The standard InChI is InChI=1S/C18H11N3/c19-10-13-4-3-5-14(8-13)15(11-20)9-16-12-21-18-7-2-1-6-17(16)18/h1-9,12,21H. The van der Waals surface area contributed by atoms with Gasteiger partial charge in [-0.1, -0.05) is 30.3 Å². The first-order chi connectivity index (χ1) is 10.3. The first-order valence-electron chi connectivity index (χ1n) is 6.50. The van der Waals surface area contributed by atoms with Crippen molar-refractivity contribution in [2.45, 2.75) is 0 Å². The van der Waals surface area contributed by atoms with Gasteiger partial charge in [0.25, 0.3) is 0 Å². The number of hydrogen-bond donors (Lipinski definition) is 1. The molecule has 3 aromatic rings. The summed E-state index contributed by atoms with van der Waals surface area (Å²) in [5.74, 6) is 0. The number of nitriles is 2. The number of aromatic nitrogens is 1. The van der Waals surface area contributed by atoms with Gasteiger partial charge in [-0.3, -0.25) is 0 Å². The fourth-order valence-corrected chi connectivity index (χ4v) is 2.31. The molecule has 0 unspecified atom stereocenters. The largest absolute Gasteiger partial charge is 0.361 e. The number of allylic oxidation sites excluding steroid dienone is 1. The molecule has 0 saturated carbocycles. The summed E-state index contributed by atoms with van der Waals surface area (Å²) in [5, 5.41) is 19.4. The number of nitrogens with zero attached hydrogens (tertiary/aromatic N) is 2. The van der Waals surface area contributed by atoms with Crippen molar-refractivity contribution in [3.05, 3.63) is 71.4 Å². The molecular weight excluding hydrogens is 258 g/mol. The Kier molecular flexibility index (Phi) is 3.25. The van der Waals surface area contributed by atoms with Gasteiger partial charge < -0.3 is 4.98 Å². The second-order valence-electron chi connectivity index (χ2n) is 4.65. The second kappa shape index (κ2) is 5.36. The number of para-hydroxylation sites is 1. The molecular formula is C18H11N3. The number of H-pyrrole nitrogens is 1. The van der Waals surface area contributed by atoms with Crippen LogP contribution < -0.4 is 0 Å². The molecule has 0 bridgehead atoms. The lowest BCUT2D eigenvalue weighted by molar-refractivity contribution is 1.46. The van der Waals surface area contributed by atoms with E-state index in [1.165, 1.54) is 0 Å². The number of nitrogens with one attached hydrogen (secondary N) is 1. The SMILES string of the molecule is N#CC(=Cc1c[nH]c2ccccc12)c1cccc(C#N)c1. The fraction of sp³-hybridized carbons (Fsp3) is 0. The van der Waals surface area contributed by atoms with Crippen molar-refractivity contribution in [1.29, 1.82) is 10.5 Å². The Morgan fingerprint density at radius 2 is 1.90 bits per heavy atom. The van der Waals surface area contributed by atoms with Crippen molar-refractivity contribution in [1.82, 2.24) is 4.98 Å². The van der Waals surface area contributed by atoms with Gasteiger partial charge in [-0.05, 0) is 29.8 Å². The predicted octanol–water partition coefficient (Wildman–Crippen LogP) is 4.10. The van der Waals surface area contributed by atoms with E-state index in [-0.39, 0.29) is 0 Å². The van der Waals surface area contributed by atoms with E-state index in [0.29, 0.717) is 11.1 Å². The van der Waals surface area contributed by atoms with Crippen LogP contribution in [0.25, 0.3) is 22.6 Å². The van der Waals surface area contributed by atoms with Gasteiger partial charge in [0.2, 0.25) is 0 Å². The number of hydrogen-bond acceptors (Lipinski definition) is 2. The zero-order valence-electron chi connectivity index (χ0n) is 11.2. The molecule has 2 aromatic carbocycles.